The molecule has 1 aromatic heterocycles. The van der Waals surface area contributed by atoms with Crippen LogP contribution in [-0.4, -0.2) is 104 Å². The monoisotopic (exact) mass is 803 g/mol. The molecule has 7 rings (SSSR count). The van der Waals surface area contributed by atoms with Gasteiger partial charge in [-0.05, 0) is 76.1 Å². The van der Waals surface area contributed by atoms with E-state index in [1.807, 2.05) is 54.6 Å². The summed E-state index contributed by atoms with van der Waals surface area (Å²) in [6.45, 7) is 5.45. The third-order valence-electron chi connectivity index (χ3n) is 10.5. The minimum absolute atomic E-state index is 0.000696. The number of aromatic nitrogens is 1. The zero-order valence-corrected chi connectivity index (χ0v) is 33.3. The Morgan fingerprint density at radius 3 is 2.53 bits per heavy atom. The largest absolute Gasteiger partial charge is 0.497 e. The lowest BCUT2D eigenvalue weighted by Crippen LogP contribution is -2.58. The van der Waals surface area contributed by atoms with Crippen LogP contribution in [0.1, 0.15) is 59.3 Å². The second-order valence-corrected chi connectivity index (χ2v) is 18.0. The van der Waals surface area contributed by atoms with Crippen molar-refractivity contribution in [2.24, 2.45) is 5.92 Å². The minimum atomic E-state index is -3.92. The maximum absolute atomic E-state index is 14.6. The van der Waals surface area contributed by atoms with Crippen LogP contribution in [0.15, 0.2) is 66.7 Å². The quantitative estimate of drug-likeness (QED) is 0.279. The van der Waals surface area contributed by atoms with Crippen LogP contribution in [0, 0.1) is 5.92 Å². The zero-order chi connectivity index (χ0) is 40.5. The lowest BCUT2D eigenvalue weighted by atomic mass is 10.1. The van der Waals surface area contributed by atoms with Gasteiger partial charge in [-0.3, -0.25) is 19.1 Å². The smallest absolute Gasteiger partial charge is 0.408 e. The van der Waals surface area contributed by atoms with Gasteiger partial charge in [0.05, 0.1) is 31.2 Å². The number of methoxy groups -OCH3 is 1. The average Bonchev–Trinajstić information content (AvgIpc) is 4.09. The normalized spacial score (nSPS) is 26.1. The molecule has 3 fully saturated rings. The third-order valence-corrected chi connectivity index (χ3v) is 12.3. The van der Waals surface area contributed by atoms with Crippen LogP contribution in [-0.2, 0) is 33.9 Å². The molecular weight excluding hydrogens is 755 g/mol. The summed E-state index contributed by atoms with van der Waals surface area (Å²) in [5.74, 6) is -1.64. The van der Waals surface area contributed by atoms with Gasteiger partial charge in [0.25, 0.3) is 5.91 Å². The van der Waals surface area contributed by atoms with Gasteiger partial charge in [0.1, 0.15) is 35.1 Å². The number of rotatable bonds is 8. The molecule has 4 aliphatic rings. The molecule has 0 radical (unpaired) electrons. The Morgan fingerprint density at radius 2 is 1.81 bits per heavy atom. The molecule has 2 saturated carbocycles. The second-order valence-electron chi connectivity index (χ2n) is 16.0. The number of amides is 4. The molecule has 5 atom stereocenters. The minimum Gasteiger partial charge on any atom is -0.497 e. The first kappa shape index (κ1) is 40.0. The molecule has 2 aliphatic heterocycles. The summed E-state index contributed by atoms with van der Waals surface area (Å²) >= 11 is 0. The predicted octanol–water partition coefficient (Wildman–Crippen LogP) is 4.00. The van der Waals surface area contributed by atoms with Gasteiger partial charge in [-0.15, -0.1) is 0 Å². The van der Waals surface area contributed by atoms with Crippen LogP contribution >= 0.6 is 0 Å². The Hall–Kier alpha value is -5.22. The van der Waals surface area contributed by atoms with Crippen LogP contribution in [0.4, 0.5) is 4.79 Å². The highest BCUT2D eigenvalue weighted by molar-refractivity contribution is 7.91. The van der Waals surface area contributed by atoms with Crippen LogP contribution in [0.3, 0.4) is 0 Å². The average molecular weight is 804 g/mol. The zero-order valence-electron chi connectivity index (χ0n) is 32.5. The predicted molar refractivity (Wildman–Crippen MR) is 210 cm³/mol. The van der Waals surface area contributed by atoms with E-state index in [0.29, 0.717) is 36.1 Å². The highest BCUT2D eigenvalue weighted by Crippen LogP contribution is 2.46. The van der Waals surface area contributed by atoms with Crippen molar-refractivity contribution in [1.82, 2.24) is 25.2 Å². The van der Waals surface area contributed by atoms with Gasteiger partial charge in [-0.2, -0.15) is 0 Å². The summed E-state index contributed by atoms with van der Waals surface area (Å²) in [6, 6.07) is 14.7. The molecule has 15 nitrogen and oxygen atoms in total. The number of fused-ring (bicyclic) bond motifs is 3. The first-order chi connectivity index (χ1) is 27.2. The van der Waals surface area contributed by atoms with Crippen LogP contribution in [0.25, 0.3) is 22.0 Å². The van der Waals surface area contributed by atoms with E-state index < -0.39 is 74.3 Å². The fourth-order valence-corrected chi connectivity index (χ4v) is 8.66. The maximum Gasteiger partial charge on any atom is 0.408 e. The summed E-state index contributed by atoms with van der Waals surface area (Å²) < 4.78 is 51.4. The molecule has 1 saturated heterocycles. The summed E-state index contributed by atoms with van der Waals surface area (Å²) in [5, 5.41) is 6.37. The lowest BCUT2D eigenvalue weighted by Gasteiger charge is -2.30. The van der Waals surface area contributed by atoms with E-state index in [9.17, 15) is 27.6 Å². The van der Waals surface area contributed by atoms with Crippen molar-refractivity contribution in [1.29, 1.82) is 0 Å². The van der Waals surface area contributed by atoms with E-state index >= 15 is 0 Å². The molecular formula is C41H49N5O10S. The van der Waals surface area contributed by atoms with Gasteiger partial charge in [-0.1, -0.05) is 42.5 Å². The molecule has 0 spiro atoms. The molecule has 3 heterocycles. The van der Waals surface area contributed by atoms with Gasteiger partial charge in [0.15, 0.2) is 0 Å². The summed E-state index contributed by atoms with van der Waals surface area (Å²) in [4.78, 5) is 62.1. The Labute approximate surface area is 331 Å². The number of benzene rings is 2. The van der Waals surface area contributed by atoms with Crippen molar-refractivity contribution in [2.75, 3.05) is 26.9 Å². The Bertz CT molecular complexity index is 2170. The highest BCUT2D eigenvalue weighted by Gasteiger charge is 2.62. The van der Waals surface area contributed by atoms with Crippen molar-refractivity contribution in [3.05, 3.63) is 66.7 Å². The first-order valence-electron chi connectivity index (χ1n) is 19.3. The van der Waals surface area contributed by atoms with E-state index in [4.69, 9.17) is 23.9 Å². The highest BCUT2D eigenvalue weighted by atomic mass is 32.2. The van der Waals surface area contributed by atoms with Crippen molar-refractivity contribution >= 4 is 44.6 Å². The number of pyridine rings is 1. The molecule has 1 unspecified atom stereocenters. The molecule has 3 aromatic rings. The van der Waals surface area contributed by atoms with Crippen molar-refractivity contribution < 1.29 is 46.5 Å². The third kappa shape index (κ3) is 9.17. The van der Waals surface area contributed by atoms with Crippen molar-refractivity contribution in [3.63, 3.8) is 0 Å². The maximum atomic E-state index is 14.6. The van der Waals surface area contributed by atoms with E-state index in [0.717, 1.165) is 10.9 Å². The number of hydrogen-bond donors (Lipinski definition) is 3. The van der Waals surface area contributed by atoms with Crippen LogP contribution in [0.2, 0.25) is 0 Å². The van der Waals surface area contributed by atoms with E-state index in [1.165, 1.54) is 4.90 Å². The molecule has 57 heavy (non-hydrogen) atoms. The van der Waals surface area contributed by atoms with Gasteiger partial charge >= 0.3 is 6.09 Å². The molecule has 2 aliphatic carbocycles. The summed E-state index contributed by atoms with van der Waals surface area (Å²) in [5.41, 5.74) is -0.920. The fraction of sp³-hybridized carbons (Fsp3) is 0.488. The second kappa shape index (κ2) is 16.0. The number of ether oxygens (including phenoxy) is 4. The molecule has 3 N–H and O–H groups in total. The van der Waals surface area contributed by atoms with Gasteiger partial charge in [0, 0.05) is 36.3 Å². The number of alkyl carbamates (subject to hydrolysis) is 1. The van der Waals surface area contributed by atoms with Gasteiger partial charge in [-0.25, -0.2) is 18.2 Å². The number of carbonyl (C=O) groups is 4. The van der Waals surface area contributed by atoms with E-state index in [2.05, 4.69) is 15.4 Å². The Balaban J connectivity index is 1.23. The topological polar surface area (TPSA) is 192 Å². The number of hydrogen-bond acceptors (Lipinski definition) is 11. The van der Waals surface area contributed by atoms with Crippen LogP contribution < -0.4 is 24.8 Å². The molecule has 304 valence electrons. The summed E-state index contributed by atoms with van der Waals surface area (Å²) in [7, 11) is -2.34. The van der Waals surface area contributed by atoms with Crippen molar-refractivity contribution in [3.8, 4) is 22.9 Å². The van der Waals surface area contributed by atoms with Gasteiger partial charge < -0.3 is 34.5 Å². The summed E-state index contributed by atoms with van der Waals surface area (Å²) in [6.07, 6.45) is 3.66. The molecule has 4 amide bonds. The standard InChI is InChI=1S/C41H49N5O10S/c1-40(2,3)56-39(50)43-32-17-19-54-18-9-8-12-27-23-41(27,38(49)45-57(51,52)30-14-15-30)44-35(47)34-22-29(24-46(34)37(32)48)55-36-31-16-13-28(53-4)20-26(31)21-33(42-36)25-10-6-5-7-11-25/h5-8,10-13,16,20-21,27,29-30,32,34H,9,14-15,17-19,22-24H2,1-4H3,(H,43,50)(H,44,47)(H,45,49)/b12-8-/t27-,29?,32+,34+,41-/m1/s1. The molecule has 2 aromatic carbocycles. The molecule has 16 heteroatoms. The van der Waals surface area contributed by atoms with Crippen LogP contribution in [0.5, 0.6) is 11.6 Å². The number of carbonyl (C=O) groups excluding carboxylic acids is 4. The Morgan fingerprint density at radius 1 is 1.04 bits per heavy atom. The Kier molecular flexibility index (Phi) is 11.2. The SMILES string of the molecule is COc1ccc2c(OC3C[C@H]4C(=O)N[C@]5(C(=O)NS(=O)(=O)C6CC6)C[C@H]5/C=C\CCOCC[C@H](NC(=O)OC(C)(C)C)C(=O)N4C3)nc(-c3ccccc3)cc2c1. The van der Waals surface area contributed by atoms with E-state index in [-0.39, 0.29) is 44.9 Å². The molecule has 0 bridgehead atoms. The lowest BCUT2D eigenvalue weighted by molar-refractivity contribution is -0.141. The van der Waals surface area contributed by atoms with Gasteiger partial charge in [0.2, 0.25) is 27.7 Å². The number of nitrogens with zero attached hydrogens (tertiary/aromatic N) is 2. The number of sulfonamides is 1. The first-order valence-corrected chi connectivity index (χ1v) is 20.8. The van der Waals surface area contributed by atoms with Crippen molar-refractivity contribution in [2.45, 2.75) is 93.9 Å². The number of nitrogens with one attached hydrogen (secondary N) is 3. The van der Waals surface area contributed by atoms with E-state index in [1.54, 1.807) is 40.0 Å². The fourth-order valence-electron chi connectivity index (χ4n) is 7.30.